The molecule has 0 aromatic carbocycles. The molecule has 9 nitrogen and oxygen atoms in total. The SMILES string of the molecule is Cc1c(C(O)C(O)CC(N)=O)cnc(N)c1[N+](=O)[O-]. The quantitative estimate of drug-likeness (QED) is 0.399. The average molecular weight is 270 g/mol. The van der Waals surface area contributed by atoms with Gasteiger partial charge in [-0.2, -0.15) is 0 Å². The number of anilines is 1. The summed E-state index contributed by atoms with van der Waals surface area (Å²) in [5, 5.41) is 30.3. The van der Waals surface area contributed by atoms with Crippen molar-refractivity contribution in [3.05, 3.63) is 27.4 Å². The Labute approximate surface area is 108 Å². The molecule has 1 amide bonds. The lowest BCUT2D eigenvalue weighted by Gasteiger charge is -2.18. The van der Waals surface area contributed by atoms with Crippen LogP contribution in [0.15, 0.2) is 6.20 Å². The maximum Gasteiger partial charge on any atom is 0.314 e. The van der Waals surface area contributed by atoms with Crippen LogP contribution in [0.5, 0.6) is 0 Å². The number of primary amides is 1. The molecule has 0 saturated heterocycles. The molecular weight excluding hydrogens is 256 g/mol. The number of aromatic nitrogens is 1. The number of amides is 1. The van der Waals surface area contributed by atoms with Gasteiger partial charge in [-0.1, -0.05) is 0 Å². The standard InChI is InChI=1S/C10H14N4O5/c1-4-5(9(17)6(15)2-7(11)16)3-13-10(12)8(4)14(18)19/h3,6,9,15,17H,2H2,1H3,(H2,11,16)(H2,12,13). The number of nitrogen functional groups attached to an aromatic ring is 1. The van der Waals surface area contributed by atoms with Gasteiger partial charge in [-0.05, 0) is 6.92 Å². The maximum absolute atomic E-state index is 10.8. The second-order valence-corrected chi connectivity index (χ2v) is 4.01. The molecule has 9 heteroatoms. The van der Waals surface area contributed by atoms with Crippen molar-refractivity contribution >= 4 is 17.4 Å². The average Bonchev–Trinajstić information content (AvgIpc) is 2.26. The third kappa shape index (κ3) is 3.14. The molecule has 0 fully saturated rings. The van der Waals surface area contributed by atoms with E-state index < -0.39 is 35.1 Å². The number of carbonyl (C=O) groups excluding carboxylic acids is 1. The third-order valence-corrected chi connectivity index (χ3v) is 2.65. The number of aliphatic hydroxyl groups is 2. The van der Waals surface area contributed by atoms with Crippen molar-refractivity contribution in [3.63, 3.8) is 0 Å². The molecule has 1 rings (SSSR count). The molecule has 1 aromatic heterocycles. The lowest BCUT2D eigenvalue weighted by molar-refractivity contribution is -0.384. The maximum atomic E-state index is 10.8. The van der Waals surface area contributed by atoms with Gasteiger partial charge in [0.25, 0.3) is 0 Å². The third-order valence-electron chi connectivity index (χ3n) is 2.65. The van der Waals surface area contributed by atoms with Crippen molar-refractivity contribution in [2.75, 3.05) is 5.73 Å². The number of rotatable bonds is 5. The predicted molar refractivity (Wildman–Crippen MR) is 64.8 cm³/mol. The van der Waals surface area contributed by atoms with Crippen molar-refractivity contribution in [3.8, 4) is 0 Å². The Hall–Kier alpha value is -2.26. The number of hydrogen-bond donors (Lipinski definition) is 4. The van der Waals surface area contributed by atoms with Gasteiger partial charge in [0.2, 0.25) is 11.7 Å². The molecule has 0 saturated carbocycles. The first-order chi connectivity index (χ1) is 8.75. The van der Waals surface area contributed by atoms with Crippen LogP contribution in [0.1, 0.15) is 23.7 Å². The zero-order chi connectivity index (χ0) is 14.7. The Morgan fingerprint density at radius 3 is 2.63 bits per heavy atom. The number of aliphatic hydroxyl groups excluding tert-OH is 2. The molecule has 0 bridgehead atoms. The van der Waals surface area contributed by atoms with Gasteiger partial charge in [-0.15, -0.1) is 0 Å². The fourth-order valence-electron chi connectivity index (χ4n) is 1.68. The van der Waals surface area contributed by atoms with E-state index in [9.17, 15) is 25.1 Å². The molecular formula is C10H14N4O5. The van der Waals surface area contributed by atoms with Gasteiger partial charge in [0.15, 0.2) is 0 Å². The van der Waals surface area contributed by atoms with Gasteiger partial charge in [0, 0.05) is 17.3 Å². The Kier molecular flexibility index (Phi) is 4.35. The van der Waals surface area contributed by atoms with Crippen LogP contribution in [0.3, 0.4) is 0 Å². The van der Waals surface area contributed by atoms with Crippen LogP contribution in [0.25, 0.3) is 0 Å². The molecule has 104 valence electrons. The first-order valence-electron chi connectivity index (χ1n) is 5.29. The van der Waals surface area contributed by atoms with Crippen molar-refractivity contribution < 1.29 is 19.9 Å². The second-order valence-electron chi connectivity index (χ2n) is 4.01. The molecule has 19 heavy (non-hydrogen) atoms. The summed E-state index contributed by atoms with van der Waals surface area (Å²) in [5.41, 5.74) is 9.93. The van der Waals surface area contributed by atoms with E-state index in [1.165, 1.54) is 6.92 Å². The fourth-order valence-corrected chi connectivity index (χ4v) is 1.68. The van der Waals surface area contributed by atoms with Gasteiger partial charge < -0.3 is 21.7 Å². The molecule has 0 spiro atoms. The van der Waals surface area contributed by atoms with Crippen molar-refractivity contribution in [1.82, 2.24) is 4.98 Å². The van der Waals surface area contributed by atoms with Crippen LogP contribution in [0.2, 0.25) is 0 Å². The summed E-state index contributed by atoms with van der Waals surface area (Å²) in [6.45, 7) is 1.37. The predicted octanol–water partition coefficient (Wildman–Crippen LogP) is -0.850. The minimum Gasteiger partial charge on any atom is -0.390 e. The number of carbonyl (C=O) groups is 1. The highest BCUT2D eigenvalue weighted by Crippen LogP contribution is 2.31. The highest BCUT2D eigenvalue weighted by Gasteiger charge is 2.27. The number of nitrogens with two attached hydrogens (primary N) is 2. The molecule has 0 aliphatic rings. The normalized spacial score (nSPS) is 13.8. The van der Waals surface area contributed by atoms with Crippen LogP contribution in [-0.4, -0.2) is 32.1 Å². The van der Waals surface area contributed by atoms with Gasteiger partial charge >= 0.3 is 5.69 Å². The summed E-state index contributed by atoms with van der Waals surface area (Å²) in [4.78, 5) is 24.4. The molecule has 1 heterocycles. The molecule has 1 aromatic rings. The molecule has 0 aliphatic heterocycles. The van der Waals surface area contributed by atoms with Crippen molar-refractivity contribution in [2.24, 2.45) is 5.73 Å². The largest absolute Gasteiger partial charge is 0.390 e. The van der Waals surface area contributed by atoms with Gasteiger partial charge in [-0.25, -0.2) is 4.98 Å². The monoisotopic (exact) mass is 270 g/mol. The number of hydrogen-bond acceptors (Lipinski definition) is 7. The summed E-state index contributed by atoms with van der Waals surface area (Å²) >= 11 is 0. The highest BCUT2D eigenvalue weighted by molar-refractivity contribution is 5.74. The topological polar surface area (TPSA) is 166 Å². The summed E-state index contributed by atoms with van der Waals surface area (Å²) in [6, 6.07) is 0. The summed E-state index contributed by atoms with van der Waals surface area (Å²) in [7, 11) is 0. The van der Waals surface area contributed by atoms with Crippen LogP contribution < -0.4 is 11.5 Å². The lowest BCUT2D eigenvalue weighted by Crippen LogP contribution is -2.26. The van der Waals surface area contributed by atoms with E-state index in [0.717, 1.165) is 6.20 Å². The number of pyridine rings is 1. The summed E-state index contributed by atoms with van der Waals surface area (Å²) in [5.74, 6) is -1.09. The van der Waals surface area contributed by atoms with E-state index in [1.807, 2.05) is 0 Å². The number of nitro groups is 1. The zero-order valence-corrected chi connectivity index (χ0v) is 10.1. The second kappa shape index (κ2) is 5.59. The molecule has 2 unspecified atom stereocenters. The van der Waals surface area contributed by atoms with E-state index in [4.69, 9.17) is 11.5 Å². The smallest absolute Gasteiger partial charge is 0.314 e. The van der Waals surface area contributed by atoms with Gasteiger partial charge in [0.05, 0.1) is 17.4 Å². The van der Waals surface area contributed by atoms with E-state index >= 15 is 0 Å². The highest BCUT2D eigenvalue weighted by atomic mass is 16.6. The summed E-state index contributed by atoms with van der Waals surface area (Å²) < 4.78 is 0. The Balaban J connectivity index is 3.18. The van der Waals surface area contributed by atoms with Gasteiger partial charge in [0.1, 0.15) is 6.10 Å². The minimum absolute atomic E-state index is 0.0228. The van der Waals surface area contributed by atoms with Crippen LogP contribution in [0.4, 0.5) is 11.5 Å². The first-order valence-corrected chi connectivity index (χ1v) is 5.29. The molecule has 0 aliphatic carbocycles. The van der Waals surface area contributed by atoms with Crippen LogP contribution in [-0.2, 0) is 4.79 Å². The van der Waals surface area contributed by atoms with Crippen molar-refractivity contribution in [2.45, 2.75) is 25.6 Å². The summed E-state index contributed by atoms with van der Waals surface area (Å²) in [6.07, 6.45) is -2.34. The molecule has 6 N–H and O–H groups in total. The van der Waals surface area contributed by atoms with Gasteiger partial charge in [-0.3, -0.25) is 14.9 Å². The Morgan fingerprint density at radius 2 is 2.16 bits per heavy atom. The minimum atomic E-state index is -1.51. The fraction of sp³-hybridized carbons (Fsp3) is 0.400. The Morgan fingerprint density at radius 1 is 1.58 bits per heavy atom. The first kappa shape index (κ1) is 14.8. The van der Waals surface area contributed by atoms with E-state index in [2.05, 4.69) is 4.98 Å². The van der Waals surface area contributed by atoms with Crippen LogP contribution >= 0.6 is 0 Å². The Bertz CT molecular complexity index is 519. The van der Waals surface area contributed by atoms with E-state index in [-0.39, 0.29) is 16.9 Å². The van der Waals surface area contributed by atoms with E-state index in [1.54, 1.807) is 0 Å². The van der Waals surface area contributed by atoms with Crippen LogP contribution in [0, 0.1) is 17.0 Å². The zero-order valence-electron chi connectivity index (χ0n) is 10.1. The molecule has 0 radical (unpaired) electrons. The molecule has 2 atom stereocenters. The number of nitrogens with zero attached hydrogens (tertiary/aromatic N) is 2. The lowest BCUT2D eigenvalue weighted by atomic mass is 9.98. The van der Waals surface area contributed by atoms with E-state index in [0.29, 0.717) is 0 Å². The van der Waals surface area contributed by atoms with Crippen molar-refractivity contribution in [1.29, 1.82) is 0 Å².